The van der Waals surface area contributed by atoms with Gasteiger partial charge in [-0.25, -0.2) is 0 Å². The van der Waals surface area contributed by atoms with E-state index in [1.54, 1.807) is 13.8 Å². The molecule has 0 aromatic heterocycles. The molecule has 5 N–H and O–H groups in total. The van der Waals surface area contributed by atoms with E-state index < -0.39 is 35.9 Å². The maximum absolute atomic E-state index is 11.3. The highest BCUT2D eigenvalue weighted by molar-refractivity contribution is 5.73. The van der Waals surface area contributed by atoms with Gasteiger partial charge in [-0.2, -0.15) is 0 Å². The number of aliphatic hydroxyl groups is 2. The van der Waals surface area contributed by atoms with Crippen LogP contribution < -0.4 is 11.1 Å². The molecule has 0 aromatic rings. The number of nitrogens with one attached hydrogen (secondary N) is 1. The zero-order valence-corrected chi connectivity index (χ0v) is 12.5. The van der Waals surface area contributed by atoms with Crippen molar-refractivity contribution in [1.82, 2.24) is 5.32 Å². The molecule has 2 saturated heterocycles. The minimum atomic E-state index is -1.31. The topological polar surface area (TPSA) is 123 Å². The summed E-state index contributed by atoms with van der Waals surface area (Å²) >= 11 is 0. The standard InChI is InChI=1S/C13H24N2O6/c1-7(17)15-8-9-10(20-12(2,3)19-9)13(6-16,4-5-14)21-11(8)18/h8-11,16,18H,4-6,14H2,1-3H3,(H,15,17)/t8-,9-,10-,11?,13-/m1/s1. The molecule has 2 rings (SSSR count). The zero-order valence-electron chi connectivity index (χ0n) is 12.5. The van der Waals surface area contributed by atoms with Crippen LogP contribution in [0.15, 0.2) is 0 Å². The molecule has 1 amide bonds. The van der Waals surface area contributed by atoms with Crippen molar-refractivity contribution in [1.29, 1.82) is 0 Å². The van der Waals surface area contributed by atoms with E-state index in [1.165, 1.54) is 6.92 Å². The van der Waals surface area contributed by atoms with Crippen molar-refractivity contribution in [2.24, 2.45) is 5.73 Å². The summed E-state index contributed by atoms with van der Waals surface area (Å²) in [7, 11) is 0. The van der Waals surface area contributed by atoms with E-state index in [1.807, 2.05) is 0 Å². The summed E-state index contributed by atoms with van der Waals surface area (Å²) < 4.78 is 17.2. The Morgan fingerprint density at radius 1 is 1.33 bits per heavy atom. The molecule has 0 radical (unpaired) electrons. The van der Waals surface area contributed by atoms with Crippen LogP contribution in [0.5, 0.6) is 0 Å². The lowest BCUT2D eigenvalue weighted by Crippen LogP contribution is -2.68. The van der Waals surface area contributed by atoms with Crippen molar-refractivity contribution >= 4 is 5.91 Å². The predicted octanol–water partition coefficient (Wildman–Crippen LogP) is -1.56. The molecule has 0 spiro atoms. The summed E-state index contributed by atoms with van der Waals surface area (Å²) in [4.78, 5) is 11.3. The maximum atomic E-state index is 11.3. The highest BCUT2D eigenvalue weighted by Gasteiger charge is 2.61. The van der Waals surface area contributed by atoms with E-state index in [-0.39, 0.29) is 19.1 Å². The molecule has 0 aromatic carbocycles. The van der Waals surface area contributed by atoms with Crippen LogP contribution in [0.25, 0.3) is 0 Å². The SMILES string of the molecule is CC(=O)N[C@H]1C(O)O[C@@](CO)(CCN)[C@@H]2OC(C)(C)O[C@@H]21. The molecule has 2 aliphatic heterocycles. The van der Waals surface area contributed by atoms with Crippen LogP contribution in [0, 0.1) is 0 Å². The molecule has 0 bridgehead atoms. The third-order valence-corrected chi connectivity index (χ3v) is 3.87. The lowest BCUT2D eigenvalue weighted by Gasteiger charge is -2.47. The van der Waals surface area contributed by atoms with E-state index in [2.05, 4.69) is 5.32 Å². The van der Waals surface area contributed by atoms with Gasteiger partial charge in [-0.15, -0.1) is 0 Å². The third-order valence-electron chi connectivity index (χ3n) is 3.87. The summed E-state index contributed by atoms with van der Waals surface area (Å²) in [5.74, 6) is -1.22. The molecule has 0 saturated carbocycles. The Hall–Kier alpha value is -0.770. The minimum Gasteiger partial charge on any atom is -0.393 e. The van der Waals surface area contributed by atoms with Crippen LogP contribution >= 0.6 is 0 Å². The molecular weight excluding hydrogens is 280 g/mol. The van der Waals surface area contributed by atoms with E-state index in [4.69, 9.17) is 19.9 Å². The average molecular weight is 304 g/mol. The van der Waals surface area contributed by atoms with E-state index in [9.17, 15) is 15.0 Å². The number of hydrogen-bond donors (Lipinski definition) is 4. The Morgan fingerprint density at radius 3 is 2.52 bits per heavy atom. The predicted molar refractivity (Wildman–Crippen MR) is 72.0 cm³/mol. The Labute approximate surface area is 123 Å². The van der Waals surface area contributed by atoms with Crippen LogP contribution in [0.4, 0.5) is 0 Å². The van der Waals surface area contributed by atoms with Crippen LogP contribution in [0.2, 0.25) is 0 Å². The molecule has 0 aliphatic carbocycles. The number of aliphatic hydroxyl groups excluding tert-OH is 2. The van der Waals surface area contributed by atoms with Crippen molar-refractivity contribution in [3.05, 3.63) is 0 Å². The Morgan fingerprint density at radius 2 is 2.00 bits per heavy atom. The first-order valence-corrected chi connectivity index (χ1v) is 7.04. The normalized spacial score (nSPS) is 41.6. The van der Waals surface area contributed by atoms with Crippen LogP contribution in [-0.2, 0) is 19.0 Å². The Kier molecular flexibility index (Phi) is 4.57. The second-order valence-electron chi connectivity index (χ2n) is 6.02. The molecule has 1 unspecified atom stereocenters. The summed E-state index contributed by atoms with van der Waals surface area (Å²) in [5, 5.41) is 22.6. The van der Waals surface area contributed by atoms with Gasteiger partial charge in [0, 0.05) is 6.92 Å². The number of hydrogen-bond acceptors (Lipinski definition) is 7. The van der Waals surface area contributed by atoms with Gasteiger partial charge in [-0.3, -0.25) is 4.79 Å². The Balaban J connectivity index is 2.33. The molecule has 8 heteroatoms. The van der Waals surface area contributed by atoms with Gasteiger partial charge in [0.15, 0.2) is 12.1 Å². The number of fused-ring (bicyclic) bond motifs is 1. The molecule has 2 fully saturated rings. The number of amides is 1. The van der Waals surface area contributed by atoms with Gasteiger partial charge in [0.25, 0.3) is 0 Å². The van der Waals surface area contributed by atoms with Crippen LogP contribution in [0.1, 0.15) is 27.2 Å². The van der Waals surface area contributed by atoms with E-state index in [0.29, 0.717) is 6.42 Å². The lowest BCUT2D eigenvalue weighted by molar-refractivity contribution is -0.283. The van der Waals surface area contributed by atoms with Gasteiger partial charge in [0.1, 0.15) is 23.9 Å². The van der Waals surface area contributed by atoms with Crippen molar-refractivity contribution in [3.8, 4) is 0 Å². The number of nitrogens with two attached hydrogens (primary N) is 1. The van der Waals surface area contributed by atoms with Gasteiger partial charge in [0.2, 0.25) is 5.91 Å². The second-order valence-corrected chi connectivity index (χ2v) is 6.02. The third kappa shape index (κ3) is 3.05. The number of carbonyl (C=O) groups excluding carboxylic acids is 1. The highest BCUT2D eigenvalue weighted by Crippen LogP contribution is 2.43. The van der Waals surface area contributed by atoms with E-state index in [0.717, 1.165) is 0 Å². The molecular formula is C13H24N2O6. The monoisotopic (exact) mass is 304 g/mol. The first-order valence-electron chi connectivity index (χ1n) is 7.04. The van der Waals surface area contributed by atoms with Gasteiger partial charge in [-0.05, 0) is 26.8 Å². The van der Waals surface area contributed by atoms with Crippen molar-refractivity contribution in [2.75, 3.05) is 13.2 Å². The molecule has 122 valence electrons. The first kappa shape index (κ1) is 16.6. The molecule has 5 atom stereocenters. The minimum absolute atomic E-state index is 0.255. The van der Waals surface area contributed by atoms with Crippen LogP contribution in [-0.4, -0.2) is 65.2 Å². The van der Waals surface area contributed by atoms with Crippen molar-refractivity contribution in [3.63, 3.8) is 0 Å². The fraction of sp³-hybridized carbons (Fsp3) is 0.923. The molecule has 8 nitrogen and oxygen atoms in total. The largest absolute Gasteiger partial charge is 0.393 e. The van der Waals surface area contributed by atoms with Crippen molar-refractivity contribution in [2.45, 2.75) is 63.1 Å². The average Bonchev–Trinajstić information content (AvgIpc) is 2.70. The lowest BCUT2D eigenvalue weighted by atomic mass is 9.83. The smallest absolute Gasteiger partial charge is 0.217 e. The number of ether oxygens (including phenoxy) is 3. The molecule has 2 aliphatic rings. The first-order chi connectivity index (χ1) is 9.74. The van der Waals surface area contributed by atoms with E-state index >= 15 is 0 Å². The summed E-state index contributed by atoms with van der Waals surface area (Å²) in [6, 6.07) is -0.772. The van der Waals surface area contributed by atoms with Gasteiger partial charge >= 0.3 is 0 Å². The fourth-order valence-electron chi connectivity index (χ4n) is 3.04. The number of carbonyl (C=O) groups is 1. The molecule has 21 heavy (non-hydrogen) atoms. The quantitative estimate of drug-likeness (QED) is 0.495. The highest BCUT2D eigenvalue weighted by atomic mass is 16.8. The summed E-state index contributed by atoms with van der Waals surface area (Å²) in [5.41, 5.74) is 4.44. The summed E-state index contributed by atoms with van der Waals surface area (Å²) in [6.07, 6.45) is -2.28. The van der Waals surface area contributed by atoms with Crippen molar-refractivity contribution < 1.29 is 29.2 Å². The van der Waals surface area contributed by atoms with Gasteiger partial charge < -0.3 is 35.5 Å². The van der Waals surface area contributed by atoms with Crippen LogP contribution in [0.3, 0.4) is 0 Å². The second kappa shape index (κ2) is 5.79. The number of rotatable bonds is 4. The summed E-state index contributed by atoms with van der Waals surface area (Å²) in [6.45, 7) is 4.69. The zero-order chi connectivity index (χ0) is 15.8. The Bertz CT molecular complexity index is 404. The molecule has 2 heterocycles. The van der Waals surface area contributed by atoms with Gasteiger partial charge in [-0.1, -0.05) is 0 Å². The maximum Gasteiger partial charge on any atom is 0.217 e. The van der Waals surface area contributed by atoms with Gasteiger partial charge in [0.05, 0.1) is 6.61 Å². The fourth-order valence-corrected chi connectivity index (χ4v) is 3.04.